The molecule has 0 spiro atoms. The van der Waals surface area contributed by atoms with Gasteiger partial charge in [-0.1, -0.05) is 42.5 Å². The number of anilines is 1. The number of nitrogens with zero attached hydrogens (tertiary/aromatic N) is 1. The Bertz CT molecular complexity index is 1490. The Morgan fingerprint density at radius 3 is 2.76 bits per heavy atom. The minimum absolute atomic E-state index is 0.0474. The zero-order valence-corrected chi connectivity index (χ0v) is 22.3. The van der Waals surface area contributed by atoms with Gasteiger partial charge in [-0.3, -0.25) is 4.79 Å². The summed E-state index contributed by atoms with van der Waals surface area (Å²) in [6.07, 6.45) is 1.56. The maximum Gasteiger partial charge on any atom is 0.259 e. The smallest absolute Gasteiger partial charge is 0.259 e. The number of hydrogen-bond donors (Lipinski definition) is 2. The van der Waals surface area contributed by atoms with E-state index in [-0.39, 0.29) is 19.2 Å². The van der Waals surface area contributed by atoms with E-state index >= 15 is 0 Å². The molecule has 8 nitrogen and oxygen atoms in total. The Morgan fingerprint density at radius 1 is 1.03 bits per heavy atom. The molecular formula is C29H26BrN3O5. The summed E-state index contributed by atoms with van der Waals surface area (Å²) in [4.78, 5) is 12.2. The van der Waals surface area contributed by atoms with Crippen LogP contribution in [0.1, 0.15) is 18.1 Å². The molecule has 0 unspecified atom stereocenters. The number of hydrazone groups is 1. The van der Waals surface area contributed by atoms with E-state index in [4.69, 9.17) is 18.9 Å². The third kappa shape index (κ3) is 6.00. The van der Waals surface area contributed by atoms with Gasteiger partial charge in [-0.05, 0) is 69.0 Å². The van der Waals surface area contributed by atoms with E-state index < -0.39 is 0 Å². The second-order valence-electron chi connectivity index (χ2n) is 8.40. The molecular weight excluding hydrogens is 550 g/mol. The van der Waals surface area contributed by atoms with E-state index in [2.05, 4.69) is 56.0 Å². The molecule has 1 aliphatic heterocycles. The van der Waals surface area contributed by atoms with Gasteiger partial charge in [-0.25, -0.2) is 5.43 Å². The summed E-state index contributed by atoms with van der Waals surface area (Å²) in [6, 6.07) is 23.5. The van der Waals surface area contributed by atoms with Crippen LogP contribution in [0.15, 0.2) is 82.4 Å². The average molecular weight is 576 g/mol. The first-order valence-electron chi connectivity index (χ1n) is 12.1. The van der Waals surface area contributed by atoms with Crippen LogP contribution in [0.3, 0.4) is 0 Å². The summed E-state index contributed by atoms with van der Waals surface area (Å²) in [6.45, 7) is 3.02. The molecule has 1 amide bonds. The van der Waals surface area contributed by atoms with Crippen LogP contribution in [-0.2, 0) is 11.4 Å². The van der Waals surface area contributed by atoms with Crippen LogP contribution in [0.2, 0.25) is 0 Å². The van der Waals surface area contributed by atoms with Gasteiger partial charge in [0.2, 0.25) is 6.79 Å². The lowest BCUT2D eigenvalue weighted by molar-refractivity contribution is -0.119. The molecule has 4 aromatic rings. The fourth-order valence-corrected chi connectivity index (χ4v) is 4.62. The number of amides is 1. The fraction of sp³-hybridized carbons (Fsp3) is 0.172. The average Bonchev–Trinajstić information content (AvgIpc) is 3.40. The number of carbonyl (C=O) groups is 1. The molecule has 4 aromatic carbocycles. The second-order valence-corrected chi connectivity index (χ2v) is 9.26. The summed E-state index contributed by atoms with van der Waals surface area (Å²) < 4.78 is 23.4. The number of fused-ring (bicyclic) bond motifs is 2. The molecule has 2 N–H and O–H groups in total. The fourth-order valence-electron chi connectivity index (χ4n) is 4.04. The molecule has 0 radical (unpaired) electrons. The minimum atomic E-state index is -0.293. The van der Waals surface area contributed by atoms with Crippen LogP contribution in [0.5, 0.6) is 23.0 Å². The lowest BCUT2D eigenvalue weighted by Crippen LogP contribution is -2.25. The Kier molecular flexibility index (Phi) is 7.94. The molecule has 1 heterocycles. The molecule has 0 fully saturated rings. The monoisotopic (exact) mass is 575 g/mol. The highest BCUT2D eigenvalue weighted by atomic mass is 79.9. The van der Waals surface area contributed by atoms with Gasteiger partial charge >= 0.3 is 0 Å². The summed E-state index contributed by atoms with van der Waals surface area (Å²) in [5.41, 5.74) is 5.10. The van der Waals surface area contributed by atoms with Crippen molar-refractivity contribution in [3.8, 4) is 23.0 Å². The maximum absolute atomic E-state index is 12.2. The number of rotatable bonds is 10. The van der Waals surface area contributed by atoms with Gasteiger partial charge in [-0.15, -0.1) is 0 Å². The van der Waals surface area contributed by atoms with Crippen molar-refractivity contribution in [2.75, 3.05) is 25.3 Å². The third-order valence-corrected chi connectivity index (χ3v) is 6.40. The van der Waals surface area contributed by atoms with Crippen LogP contribution in [0.4, 0.5) is 5.69 Å². The van der Waals surface area contributed by atoms with Crippen LogP contribution in [0, 0.1) is 0 Å². The molecule has 1 aliphatic rings. The number of ether oxygens (including phenoxy) is 4. The second kappa shape index (κ2) is 11.9. The van der Waals surface area contributed by atoms with Crippen molar-refractivity contribution < 1.29 is 23.7 Å². The molecule has 0 aliphatic carbocycles. The minimum Gasteiger partial charge on any atom is -0.490 e. The number of benzene rings is 4. The van der Waals surface area contributed by atoms with Gasteiger partial charge in [0, 0.05) is 11.8 Å². The Balaban J connectivity index is 1.21. The summed E-state index contributed by atoms with van der Waals surface area (Å²) in [5, 5.41) is 9.44. The lowest BCUT2D eigenvalue weighted by atomic mass is 10.1. The maximum atomic E-state index is 12.2. The van der Waals surface area contributed by atoms with Gasteiger partial charge in [-0.2, -0.15) is 5.10 Å². The Labute approximate surface area is 228 Å². The highest BCUT2D eigenvalue weighted by molar-refractivity contribution is 9.10. The zero-order chi connectivity index (χ0) is 26.3. The van der Waals surface area contributed by atoms with Crippen LogP contribution in [-0.4, -0.2) is 32.1 Å². The Morgan fingerprint density at radius 2 is 1.87 bits per heavy atom. The SMILES string of the molecule is CCOc1cc(/C=N\NC(=O)CNc2ccc3c(c2)OCO3)cc(Br)c1OCc1cccc2ccccc12. The van der Waals surface area contributed by atoms with Crippen LogP contribution < -0.4 is 29.7 Å². The molecule has 0 saturated carbocycles. The van der Waals surface area contributed by atoms with Crippen molar-refractivity contribution in [1.82, 2.24) is 5.43 Å². The van der Waals surface area contributed by atoms with Gasteiger partial charge in [0.15, 0.2) is 23.0 Å². The quantitative estimate of drug-likeness (QED) is 0.181. The molecule has 0 saturated heterocycles. The molecule has 194 valence electrons. The Hall–Kier alpha value is -4.24. The number of nitrogens with one attached hydrogen (secondary N) is 2. The molecule has 0 bridgehead atoms. The molecule has 5 rings (SSSR count). The molecule has 0 aromatic heterocycles. The predicted octanol–water partition coefficient (Wildman–Crippen LogP) is 5.87. The van der Waals surface area contributed by atoms with Gasteiger partial charge in [0.05, 0.1) is 23.8 Å². The van der Waals surface area contributed by atoms with Gasteiger partial charge in [0.1, 0.15) is 6.61 Å². The van der Waals surface area contributed by atoms with Crippen LogP contribution in [0.25, 0.3) is 10.8 Å². The number of carbonyl (C=O) groups excluding carboxylic acids is 1. The normalized spacial score (nSPS) is 12.1. The molecule has 9 heteroatoms. The van der Waals surface area contributed by atoms with E-state index in [1.807, 2.05) is 43.3 Å². The van der Waals surface area contributed by atoms with Crippen molar-refractivity contribution in [2.24, 2.45) is 5.10 Å². The van der Waals surface area contributed by atoms with Crippen molar-refractivity contribution in [2.45, 2.75) is 13.5 Å². The number of hydrogen-bond acceptors (Lipinski definition) is 7. The van der Waals surface area contributed by atoms with Crippen molar-refractivity contribution in [1.29, 1.82) is 0 Å². The summed E-state index contributed by atoms with van der Waals surface area (Å²) >= 11 is 3.60. The van der Waals surface area contributed by atoms with E-state index in [0.29, 0.717) is 36.2 Å². The third-order valence-electron chi connectivity index (χ3n) is 5.81. The predicted molar refractivity (Wildman–Crippen MR) is 150 cm³/mol. The van der Waals surface area contributed by atoms with Gasteiger partial charge in [0.25, 0.3) is 5.91 Å². The van der Waals surface area contributed by atoms with E-state index in [9.17, 15) is 4.79 Å². The standard InChI is InChI=1S/C29H26BrN3O5/c1-2-35-27-13-19(15-32-33-28(34)16-31-22-10-11-25-26(14-22)38-18-37-25)12-24(30)29(27)36-17-21-8-5-7-20-6-3-4-9-23(20)21/h3-15,31H,2,16-18H2,1H3,(H,33,34)/b32-15-. The topological polar surface area (TPSA) is 90.4 Å². The largest absolute Gasteiger partial charge is 0.490 e. The number of halogens is 1. The van der Waals surface area contributed by atoms with Crippen molar-refractivity contribution in [3.05, 3.63) is 88.4 Å². The zero-order valence-electron chi connectivity index (χ0n) is 20.7. The van der Waals surface area contributed by atoms with E-state index in [1.54, 1.807) is 18.3 Å². The lowest BCUT2D eigenvalue weighted by Gasteiger charge is -2.15. The van der Waals surface area contributed by atoms with Gasteiger partial charge < -0.3 is 24.3 Å². The van der Waals surface area contributed by atoms with Crippen molar-refractivity contribution in [3.63, 3.8) is 0 Å². The first kappa shape index (κ1) is 25.4. The van der Waals surface area contributed by atoms with E-state index in [0.717, 1.165) is 32.1 Å². The van der Waals surface area contributed by atoms with Crippen molar-refractivity contribution >= 4 is 44.5 Å². The highest BCUT2D eigenvalue weighted by Crippen LogP contribution is 2.37. The summed E-state index contributed by atoms with van der Waals surface area (Å²) in [7, 11) is 0. The first-order valence-corrected chi connectivity index (χ1v) is 12.9. The molecule has 0 atom stereocenters. The summed E-state index contributed by atoms with van der Waals surface area (Å²) in [5.74, 6) is 2.23. The van der Waals surface area contributed by atoms with Crippen LogP contribution >= 0.6 is 15.9 Å². The molecule has 38 heavy (non-hydrogen) atoms. The highest BCUT2D eigenvalue weighted by Gasteiger charge is 2.14. The first-order chi connectivity index (χ1) is 18.6. The van der Waals surface area contributed by atoms with E-state index in [1.165, 1.54) is 0 Å².